The lowest BCUT2D eigenvalue weighted by Gasteiger charge is -2.23. The maximum absolute atomic E-state index is 5.88. The standard InChI is InChI=1S/C16H26N2O/c1-3-15-7-5-9-18(15)10-11-19-16-8-4-6-14(12-16)13-17-2/h4,6,8,12,15,17H,3,5,7,9-11,13H2,1-2H3. The Morgan fingerprint density at radius 3 is 3.11 bits per heavy atom. The molecule has 1 aliphatic heterocycles. The Hall–Kier alpha value is -1.06. The molecule has 1 heterocycles. The third-order valence-electron chi connectivity index (χ3n) is 3.90. The van der Waals surface area contributed by atoms with E-state index in [1.54, 1.807) is 0 Å². The molecule has 1 fully saturated rings. The third-order valence-corrected chi connectivity index (χ3v) is 3.90. The average molecular weight is 262 g/mol. The number of hydrogen-bond acceptors (Lipinski definition) is 3. The van der Waals surface area contributed by atoms with Gasteiger partial charge in [0.1, 0.15) is 12.4 Å². The van der Waals surface area contributed by atoms with Crippen LogP contribution < -0.4 is 10.1 Å². The first kappa shape index (κ1) is 14.4. The zero-order valence-electron chi connectivity index (χ0n) is 12.2. The van der Waals surface area contributed by atoms with Gasteiger partial charge in [0.05, 0.1) is 0 Å². The summed E-state index contributed by atoms with van der Waals surface area (Å²) in [6.45, 7) is 6.25. The maximum atomic E-state index is 5.88. The highest BCUT2D eigenvalue weighted by Gasteiger charge is 2.21. The molecule has 2 rings (SSSR count). The predicted molar refractivity (Wildman–Crippen MR) is 79.6 cm³/mol. The molecule has 0 radical (unpaired) electrons. The summed E-state index contributed by atoms with van der Waals surface area (Å²) < 4.78 is 5.88. The van der Waals surface area contributed by atoms with Gasteiger partial charge in [-0.15, -0.1) is 0 Å². The van der Waals surface area contributed by atoms with Crippen molar-refractivity contribution in [3.8, 4) is 5.75 Å². The van der Waals surface area contributed by atoms with Crippen LogP contribution in [0.2, 0.25) is 0 Å². The highest BCUT2D eigenvalue weighted by atomic mass is 16.5. The van der Waals surface area contributed by atoms with Gasteiger partial charge in [-0.2, -0.15) is 0 Å². The molecule has 1 atom stereocenters. The summed E-state index contributed by atoms with van der Waals surface area (Å²) in [6.07, 6.45) is 3.96. The minimum Gasteiger partial charge on any atom is -0.492 e. The smallest absolute Gasteiger partial charge is 0.119 e. The van der Waals surface area contributed by atoms with E-state index >= 15 is 0 Å². The second kappa shape index (κ2) is 7.51. The Morgan fingerprint density at radius 2 is 2.32 bits per heavy atom. The number of benzene rings is 1. The van der Waals surface area contributed by atoms with Gasteiger partial charge in [0.25, 0.3) is 0 Å². The molecule has 1 unspecified atom stereocenters. The van der Waals surface area contributed by atoms with Crippen LogP contribution in [0.25, 0.3) is 0 Å². The highest BCUT2D eigenvalue weighted by Crippen LogP contribution is 2.19. The van der Waals surface area contributed by atoms with E-state index in [0.717, 1.165) is 31.5 Å². The van der Waals surface area contributed by atoms with E-state index in [4.69, 9.17) is 4.74 Å². The molecule has 0 aliphatic carbocycles. The van der Waals surface area contributed by atoms with Crippen molar-refractivity contribution in [2.24, 2.45) is 0 Å². The van der Waals surface area contributed by atoms with Crippen molar-refractivity contribution >= 4 is 0 Å². The molecule has 1 N–H and O–H groups in total. The maximum Gasteiger partial charge on any atom is 0.119 e. The molecule has 0 spiro atoms. The Bertz CT molecular complexity index is 381. The summed E-state index contributed by atoms with van der Waals surface area (Å²) in [6, 6.07) is 9.13. The van der Waals surface area contributed by atoms with Gasteiger partial charge in [-0.3, -0.25) is 4.90 Å². The first-order valence-corrected chi connectivity index (χ1v) is 7.44. The van der Waals surface area contributed by atoms with E-state index in [-0.39, 0.29) is 0 Å². The van der Waals surface area contributed by atoms with Crippen LogP contribution in [0.3, 0.4) is 0 Å². The van der Waals surface area contributed by atoms with Gasteiger partial charge in [-0.05, 0) is 50.6 Å². The minimum absolute atomic E-state index is 0.777. The minimum atomic E-state index is 0.777. The summed E-state index contributed by atoms with van der Waals surface area (Å²) in [5.41, 5.74) is 1.27. The molecule has 1 aromatic rings. The van der Waals surface area contributed by atoms with Gasteiger partial charge in [-0.25, -0.2) is 0 Å². The van der Waals surface area contributed by atoms with Crippen molar-refractivity contribution in [2.75, 3.05) is 26.7 Å². The fourth-order valence-electron chi connectivity index (χ4n) is 2.88. The van der Waals surface area contributed by atoms with E-state index in [1.165, 1.54) is 31.4 Å². The summed E-state index contributed by atoms with van der Waals surface area (Å²) in [4.78, 5) is 2.57. The second-order valence-electron chi connectivity index (χ2n) is 5.27. The molecule has 3 nitrogen and oxygen atoms in total. The predicted octanol–water partition coefficient (Wildman–Crippen LogP) is 2.66. The van der Waals surface area contributed by atoms with Crippen LogP contribution in [0.4, 0.5) is 0 Å². The van der Waals surface area contributed by atoms with Crippen molar-refractivity contribution in [2.45, 2.75) is 38.8 Å². The van der Waals surface area contributed by atoms with E-state index in [2.05, 4.69) is 35.3 Å². The summed E-state index contributed by atoms with van der Waals surface area (Å²) in [5.74, 6) is 0.986. The summed E-state index contributed by atoms with van der Waals surface area (Å²) in [5, 5.41) is 3.16. The van der Waals surface area contributed by atoms with Crippen molar-refractivity contribution in [3.05, 3.63) is 29.8 Å². The number of ether oxygens (including phenoxy) is 1. The van der Waals surface area contributed by atoms with E-state index < -0.39 is 0 Å². The zero-order chi connectivity index (χ0) is 13.5. The summed E-state index contributed by atoms with van der Waals surface area (Å²) in [7, 11) is 1.96. The lowest BCUT2D eigenvalue weighted by atomic mass is 10.2. The van der Waals surface area contributed by atoms with Crippen LogP contribution in [0.1, 0.15) is 31.7 Å². The van der Waals surface area contributed by atoms with Crippen LogP contribution in [-0.4, -0.2) is 37.7 Å². The average Bonchev–Trinajstić information content (AvgIpc) is 2.87. The highest BCUT2D eigenvalue weighted by molar-refractivity contribution is 5.28. The topological polar surface area (TPSA) is 24.5 Å². The SMILES string of the molecule is CCC1CCCN1CCOc1cccc(CNC)c1. The quantitative estimate of drug-likeness (QED) is 0.817. The van der Waals surface area contributed by atoms with E-state index in [1.807, 2.05) is 13.1 Å². The molecule has 0 amide bonds. The number of likely N-dealkylation sites (tertiary alicyclic amines) is 1. The Morgan fingerprint density at radius 1 is 1.42 bits per heavy atom. The molecule has 106 valence electrons. The number of rotatable bonds is 7. The number of nitrogens with zero attached hydrogens (tertiary/aromatic N) is 1. The molecular weight excluding hydrogens is 236 g/mol. The molecule has 0 bridgehead atoms. The second-order valence-corrected chi connectivity index (χ2v) is 5.27. The molecular formula is C16H26N2O. The molecule has 19 heavy (non-hydrogen) atoms. The lowest BCUT2D eigenvalue weighted by molar-refractivity contribution is 0.193. The van der Waals surface area contributed by atoms with E-state index in [0.29, 0.717) is 0 Å². The van der Waals surface area contributed by atoms with Crippen molar-refractivity contribution < 1.29 is 4.74 Å². The normalized spacial score (nSPS) is 19.8. The largest absolute Gasteiger partial charge is 0.492 e. The van der Waals surface area contributed by atoms with Crippen LogP contribution in [0, 0.1) is 0 Å². The summed E-state index contributed by atoms with van der Waals surface area (Å²) >= 11 is 0. The first-order chi connectivity index (χ1) is 9.33. The van der Waals surface area contributed by atoms with E-state index in [9.17, 15) is 0 Å². The Kier molecular flexibility index (Phi) is 5.67. The van der Waals surface area contributed by atoms with Crippen LogP contribution in [0.5, 0.6) is 5.75 Å². The monoisotopic (exact) mass is 262 g/mol. The molecule has 0 saturated carbocycles. The molecule has 1 saturated heterocycles. The van der Waals surface area contributed by atoms with Gasteiger partial charge in [0.2, 0.25) is 0 Å². The number of hydrogen-bond donors (Lipinski definition) is 1. The van der Waals surface area contributed by atoms with Gasteiger partial charge in [0.15, 0.2) is 0 Å². The molecule has 1 aromatic carbocycles. The van der Waals surface area contributed by atoms with Crippen LogP contribution in [0.15, 0.2) is 24.3 Å². The first-order valence-electron chi connectivity index (χ1n) is 7.44. The fourth-order valence-corrected chi connectivity index (χ4v) is 2.88. The Balaban J connectivity index is 1.77. The molecule has 0 aromatic heterocycles. The molecule has 1 aliphatic rings. The van der Waals surface area contributed by atoms with Gasteiger partial charge >= 0.3 is 0 Å². The van der Waals surface area contributed by atoms with Crippen LogP contribution in [-0.2, 0) is 6.54 Å². The Labute approximate surface area is 116 Å². The van der Waals surface area contributed by atoms with Gasteiger partial charge in [-0.1, -0.05) is 19.1 Å². The van der Waals surface area contributed by atoms with Gasteiger partial charge in [0, 0.05) is 19.1 Å². The lowest BCUT2D eigenvalue weighted by Crippen LogP contribution is -2.32. The number of nitrogens with one attached hydrogen (secondary N) is 1. The van der Waals surface area contributed by atoms with Gasteiger partial charge < -0.3 is 10.1 Å². The molecule has 3 heteroatoms. The van der Waals surface area contributed by atoms with Crippen molar-refractivity contribution in [3.63, 3.8) is 0 Å². The van der Waals surface area contributed by atoms with Crippen LogP contribution >= 0.6 is 0 Å². The fraction of sp³-hybridized carbons (Fsp3) is 0.625. The van der Waals surface area contributed by atoms with Crippen molar-refractivity contribution in [1.82, 2.24) is 10.2 Å². The zero-order valence-corrected chi connectivity index (χ0v) is 12.2. The van der Waals surface area contributed by atoms with Crippen molar-refractivity contribution in [1.29, 1.82) is 0 Å². The third kappa shape index (κ3) is 4.22.